The molecule has 2 heterocycles. The Morgan fingerprint density at radius 1 is 0.458 bits per heavy atom. The molecule has 5 rings (SSSR count). The average molecular weight is 318 g/mol. The van der Waals surface area contributed by atoms with Crippen LogP contribution in [0, 0.1) is 0 Å². The van der Waals surface area contributed by atoms with Gasteiger partial charge in [-0.05, 0) is 28.3 Å². The summed E-state index contributed by atoms with van der Waals surface area (Å²) in [6, 6.07) is 9.82. The van der Waals surface area contributed by atoms with E-state index in [9.17, 15) is 19.2 Å². The van der Waals surface area contributed by atoms with Crippen LogP contribution in [0.3, 0.4) is 0 Å². The van der Waals surface area contributed by atoms with Crippen molar-refractivity contribution < 1.29 is 8.83 Å². The van der Waals surface area contributed by atoms with E-state index in [1.807, 2.05) is 0 Å². The highest BCUT2D eigenvalue weighted by atomic mass is 16.4. The summed E-state index contributed by atoms with van der Waals surface area (Å²) in [6.45, 7) is 0. The summed E-state index contributed by atoms with van der Waals surface area (Å²) in [6.07, 6.45) is 0. The molecule has 0 aliphatic rings. The minimum Gasteiger partial charge on any atom is -0.386 e. The van der Waals surface area contributed by atoms with E-state index >= 15 is 0 Å². The molecule has 0 unspecified atom stereocenters. The molecule has 0 fully saturated rings. The van der Waals surface area contributed by atoms with Crippen LogP contribution in [-0.2, 0) is 0 Å². The second-order valence-electron chi connectivity index (χ2n) is 5.59. The topological polar surface area (TPSA) is 94.6 Å². The first kappa shape index (κ1) is 13.0. The van der Waals surface area contributed by atoms with Gasteiger partial charge in [0.1, 0.15) is 0 Å². The zero-order valence-electron chi connectivity index (χ0n) is 11.9. The number of hydrogen-bond acceptors (Lipinski definition) is 6. The quantitative estimate of drug-likeness (QED) is 0.404. The molecule has 0 spiro atoms. The van der Waals surface area contributed by atoms with E-state index in [0.29, 0.717) is 16.2 Å². The van der Waals surface area contributed by atoms with Crippen molar-refractivity contribution in [2.75, 3.05) is 0 Å². The number of hydrogen-bond donors (Lipinski definition) is 0. The standard InChI is InChI=1S/C18H6O6/c19-15-10-6-5-8-9(13(10)17(21)23-15)3-1-7-2-4-11-14(12(7)8)18(22)24-16(11)20/h1-6H. The molecule has 24 heavy (non-hydrogen) atoms. The van der Waals surface area contributed by atoms with Crippen molar-refractivity contribution in [2.24, 2.45) is 0 Å². The van der Waals surface area contributed by atoms with Crippen LogP contribution >= 0.6 is 0 Å². The minimum atomic E-state index is -0.717. The Morgan fingerprint density at radius 2 is 0.917 bits per heavy atom. The highest BCUT2D eigenvalue weighted by molar-refractivity contribution is 6.24. The fourth-order valence-electron chi connectivity index (χ4n) is 3.38. The van der Waals surface area contributed by atoms with E-state index in [-0.39, 0.29) is 21.5 Å². The third-order valence-electron chi connectivity index (χ3n) is 4.40. The monoisotopic (exact) mass is 318 g/mol. The lowest BCUT2D eigenvalue weighted by atomic mass is 9.96. The normalized spacial score (nSPS) is 12.0. The van der Waals surface area contributed by atoms with Crippen molar-refractivity contribution in [3.05, 3.63) is 78.1 Å². The van der Waals surface area contributed by atoms with E-state index in [1.165, 1.54) is 6.07 Å². The first-order valence-electron chi connectivity index (χ1n) is 7.12. The van der Waals surface area contributed by atoms with Crippen LogP contribution in [0.25, 0.3) is 43.1 Å². The van der Waals surface area contributed by atoms with Crippen LogP contribution in [0.4, 0.5) is 0 Å². The lowest BCUT2D eigenvalue weighted by Gasteiger charge is -2.04. The van der Waals surface area contributed by atoms with Crippen molar-refractivity contribution >= 4 is 43.1 Å². The van der Waals surface area contributed by atoms with E-state index in [1.54, 1.807) is 30.3 Å². The third kappa shape index (κ3) is 1.40. The lowest BCUT2D eigenvalue weighted by Crippen LogP contribution is -1.95. The summed E-state index contributed by atoms with van der Waals surface area (Å²) in [5, 5.41) is 3.08. The largest absolute Gasteiger partial charge is 0.386 e. The average Bonchev–Trinajstić information content (AvgIpc) is 3.03. The Hall–Kier alpha value is -3.54. The maximum atomic E-state index is 12.1. The number of fused-ring (bicyclic) bond motifs is 7. The first-order valence-corrected chi connectivity index (χ1v) is 7.12. The van der Waals surface area contributed by atoms with E-state index in [2.05, 4.69) is 4.42 Å². The molecule has 5 aromatic rings. The predicted octanol–water partition coefficient (Wildman–Crippen LogP) is 1.80. The molecule has 0 bridgehead atoms. The molecule has 6 nitrogen and oxygen atoms in total. The van der Waals surface area contributed by atoms with E-state index in [0.717, 1.165) is 5.39 Å². The Balaban J connectivity index is 2.22. The van der Waals surface area contributed by atoms with Crippen molar-refractivity contribution in [3.8, 4) is 0 Å². The second kappa shape index (κ2) is 4.05. The molecule has 0 radical (unpaired) electrons. The van der Waals surface area contributed by atoms with Gasteiger partial charge in [0.25, 0.3) is 0 Å². The lowest BCUT2D eigenvalue weighted by molar-refractivity contribution is 0.500. The molecule has 3 aromatic carbocycles. The van der Waals surface area contributed by atoms with E-state index in [4.69, 9.17) is 4.42 Å². The van der Waals surface area contributed by atoms with Gasteiger partial charge in [-0.25, -0.2) is 19.2 Å². The molecule has 0 N–H and O–H groups in total. The van der Waals surface area contributed by atoms with Crippen LogP contribution in [0.5, 0.6) is 0 Å². The highest BCUT2D eigenvalue weighted by Crippen LogP contribution is 2.32. The molecule has 0 atom stereocenters. The summed E-state index contributed by atoms with van der Waals surface area (Å²) in [5.74, 6) is 0. The zero-order chi connectivity index (χ0) is 16.6. The molecule has 6 heteroatoms. The molecule has 0 aliphatic heterocycles. The van der Waals surface area contributed by atoms with Gasteiger partial charge in [0.2, 0.25) is 0 Å². The van der Waals surface area contributed by atoms with E-state index < -0.39 is 22.5 Å². The van der Waals surface area contributed by atoms with Crippen LogP contribution in [0.2, 0.25) is 0 Å². The van der Waals surface area contributed by atoms with Crippen molar-refractivity contribution in [2.45, 2.75) is 0 Å². The van der Waals surface area contributed by atoms with Crippen molar-refractivity contribution in [3.63, 3.8) is 0 Å². The van der Waals surface area contributed by atoms with Crippen LogP contribution in [0.1, 0.15) is 0 Å². The Morgan fingerprint density at radius 3 is 1.62 bits per heavy atom. The summed E-state index contributed by atoms with van der Waals surface area (Å²) >= 11 is 0. The smallest absolute Gasteiger partial charge is 0.347 e. The van der Waals surface area contributed by atoms with Crippen molar-refractivity contribution in [1.29, 1.82) is 0 Å². The zero-order valence-corrected chi connectivity index (χ0v) is 11.9. The summed E-state index contributed by atoms with van der Waals surface area (Å²) in [4.78, 5) is 47.6. The van der Waals surface area contributed by atoms with Gasteiger partial charge >= 0.3 is 22.5 Å². The maximum Gasteiger partial charge on any atom is 0.347 e. The summed E-state index contributed by atoms with van der Waals surface area (Å²) < 4.78 is 9.35. The molecule has 2 aromatic heterocycles. The van der Waals surface area contributed by atoms with Gasteiger partial charge in [0.15, 0.2) is 0 Å². The molecule has 0 aliphatic carbocycles. The summed E-state index contributed by atoms with van der Waals surface area (Å²) in [7, 11) is 0. The molecule has 114 valence electrons. The molecule has 0 amide bonds. The van der Waals surface area contributed by atoms with Gasteiger partial charge in [0.05, 0.1) is 21.5 Å². The van der Waals surface area contributed by atoms with Crippen LogP contribution in [-0.4, -0.2) is 0 Å². The summed E-state index contributed by atoms with van der Waals surface area (Å²) in [5.41, 5.74) is -2.81. The Bertz CT molecular complexity index is 1520. The number of furan rings is 2. The fraction of sp³-hybridized carbons (Fsp3) is 0. The molecular weight excluding hydrogens is 312 g/mol. The van der Waals surface area contributed by atoms with Gasteiger partial charge in [0, 0.05) is 5.39 Å². The molecule has 0 saturated heterocycles. The van der Waals surface area contributed by atoms with Crippen molar-refractivity contribution in [1.82, 2.24) is 0 Å². The third-order valence-corrected chi connectivity index (χ3v) is 4.40. The van der Waals surface area contributed by atoms with Gasteiger partial charge in [-0.1, -0.05) is 24.3 Å². The first-order chi connectivity index (χ1) is 11.6. The SMILES string of the molecule is O=c1oc(=O)c2c1ccc1c2ccc2ccc3c(=O)oc(=O)c3c21. The highest BCUT2D eigenvalue weighted by Gasteiger charge is 2.17. The Labute approximate surface area is 130 Å². The van der Waals surface area contributed by atoms with Gasteiger partial charge in [-0.15, -0.1) is 0 Å². The van der Waals surface area contributed by atoms with Crippen LogP contribution in [0.15, 0.2) is 64.4 Å². The second-order valence-corrected chi connectivity index (χ2v) is 5.59. The van der Waals surface area contributed by atoms with Crippen LogP contribution < -0.4 is 22.5 Å². The van der Waals surface area contributed by atoms with Gasteiger partial charge in [-0.2, -0.15) is 0 Å². The number of rotatable bonds is 0. The Kier molecular flexibility index (Phi) is 2.19. The molecular formula is C18H6O6. The maximum absolute atomic E-state index is 12.1. The van der Waals surface area contributed by atoms with Gasteiger partial charge < -0.3 is 8.83 Å². The minimum absolute atomic E-state index is 0.176. The fourth-order valence-corrected chi connectivity index (χ4v) is 3.38. The van der Waals surface area contributed by atoms with Gasteiger partial charge in [-0.3, -0.25) is 0 Å². The number of benzene rings is 3. The predicted molar refractivity (Wildman–Crippen MR) is 88.5 cm³/mol. The molecule has 0 saturated carbocycles.